The van der Waals surface area contributed by atoms with Crippen LogP contribution in [0.4, 0.5) is 5.69 Å². The van der Waals surface area contributed by atoms with E-state index >= 15 is 0 Å². The molecule has 0 spiro atoms. The van der Waals surface area contributed by atoms with Crippen LogP contribution < -0.4 is 10.1 Å². The highest BCUT2D eigenvalue weighted by molar-refractivity contribution is 7.80. The number of pyridine rings is 1. The summed E-state index contributed by atoms with van der Waals surface area (Å²) in [6.07, 6.45) is 3.94. The molecule has 9 nitrogen and oxygen atoms in total. The highest BCUT2D eigenvalue weighted by Gasteiger charge is 2.42. The average molecular weight is 508 g/mol. The van der Waals surface area contributed by atoms with E-state index in [9.17, 15) is 10.1 Å². The molecule has 2 aliphatic rings. The maximum absolute atomic E-state index is 12.0. The van der Waals surface area contributed by atoms with Crippen molar-refractivity contribution >= 4 is 23.0 Å². The number of hydrogen-bond acceptors (Lipinski definition) is 6. The van der Waals surface area contributed by atoms with Crippen LogP contribution in [0.2, 0.25) is 0 Å². The number of aromatic nitrogens is 2. The molecule has 3 atom stereocenters. The molecule has 0 radical (unpaired) electrons. The summed E-state index contributed by atoms with van der Waals surface area (Å²) in [4.78, 5) is 18.4. The number of nitro groups is 1. The van der Waals surface area contributed by atoms with Crippen LogP contribution in [0.1, 0.15) is 47.6 Å². The molecular weight excluding hydrogens is 478 g/mol. The monoisotopic (exact) mass is 507 g/mol. The smallest absolute Gasteiger partial charge is 0.296 e. The van der Waals surface area contributed by atoms with E-state index in [2.05, 4.69) is 21.3 Å². The van der Waals surface area contributed by atoms with Gasteiger partial charge in [0.1, 0.15) is 11.4 Å². The quantitative estimate of drug-likeness (QED) is 0.283. The van der Waals surface area contributed by atoms with Gasteiger partial charge in [-0.15, -0.1) is 0 Å². The molecule has 0 amide bonds. The molecule has 188 valence electrons. The second kappa shape index (κ2) is 9.87. The summed E-state index contributed by atoms with van der Waals surface area (Å²) >= 11 is 5.81. The van der Waals surface area contributed by atoms with Crippen molar-refractivity contribution in [1.29, 1.82) is 0 Å². The molecule has 2 aliphatic heterocycles. The summed E-state index contributed by atoms with van der Waals surface area (Å²) in [7, 11) is 1.50. The molecule has 2 aromatic heterocycles. The van der Waals surface area contributed by atoms with E-state index in [1.165, 1.54) is 13.2 Å². The number of rotatable bonds is 7. The van der Waals surface area contributed by atoms with Gasteiger partial charge in [-0.1, -0.05) is 6.07 Å². The number of thiocarbonyl (C=S) groups is 1. The average Bonchev–Trinajstić information content (AvgIpc) is 3.58. The fourth-order valence-electron chi connectivity index (χ4n) is 5.37. The Balaban J connectivity index is 1.62. The van der Waals surface area contributed by atoms with Gasteiger partial charge in [0.05, 0.1) is 42.0 Å². The van der Waals surface area contributed by atoms with Gasteiger partial charge in [0.15, 0.2) is 5.11 Å². The highest BCUT2D eigenvalue weighted by Crippen LogP contribution is 2.42. The Hall–Kier alpha value is -3.50. The van der Waals surface area contributed by atoms with Crippen molar-refractivity contribution in [3.05, 3.63) is 81.4 Å². The first-order valence-electron chi connectivity index (χ1n) is 12.0. The Labute approximate surface area is 215 Å². The van der Waals surface area contributed by atoms with Gasteiger partial charge >= 0.3 is 0 Å². The van der Waals surface area contributed by atoms with E-state index in [-0.39, 0.29) is 28.8 Å². The summed E-state index contributed by atoms with van der Waals surface area (Å²) in [5, 5.41) is 16.1. The Bertz CT molecular complexity index is 1290. The Morgan fingerprint density at radius 3 is 2.78 bits per heavy atom. The van der Waals surface area contributed by atoms with Crippen LogP contribution in [0.3, 0.4) is 0 Å². The lowest BCUT2D eigenvalue weighted by molar-refractivity contribution is -0.384. The lowest BCUT2D eigenvalue weighted by atomic mass is 9.96. The van der Waals surface area contributed by atoms with Gasteiger partial charge in [0.25, 0.3) is 5.69 Å². The fourth-order valence-corrected chi connectivity index (χ4v) is 5.69. The zero-order valence-electron chi connectivity index (χ0n) is 20.5. The zero-order valence-corrected chi connectivity index (χ0v) is 21.3. The summed E-state index contributed by atoms with van der Waals surface area (Å²) in [6.45, 7) is 5.40. The van der Waals surface area contributed by atoms with E-state index in [1.54, 1.807) is 18.3 Å². The maximum atomic E-state index is 12.0. The van der Waals surface area contributed by atoms with Gasteiger partial charge in [-0.25, -0.2) is 0 Å². The number of hydrogen-bond donors (Lipinski definition) is 1. The van der Waals surface area contributed by atoms with Gasteiger partial charge in [0.2, 0.25) is 0 Å². The lowest BCUT2D eigenvalue weighted by Crippen LogP contribution is -2.36. The molecule has 0 aliphatic carbocycles. The van der Waals surface area contributed by atoms with Gasteiger partial charge in [-0.3, -0.25) is 15.1 Å². The van der Waals surface area contributed by atoms with Crippen molar-refractivity contribution < 1.29 is 14.4 Å². The molecule has 3 aromatic rings. The molecule has 1 aromatic carbocycles. The van der Waals surface area contributed by atoms with Gasteiger partial charge in [-0.05, 0) is 74.8 Å². The van der Waals surface area contributed by atoms with Crippen molar-refractivity contribution in [3.8, 4) is 11.4 Å². The normalized spacial score (nSPS) is 21.6. The standard InChI is InChI=1S/C26H29N5O4S/c1-16-13-20(17(2)30(16)22-10-9-18(34-3)14-23(22)31(32)33)25-24(21-8-4-5-11-27-21)28-26(36)29(25)15-19-7-6-12-35-19/h4-5,8-11,13-14,19,24-25H,6-7,12,15H2,1-3H3,(H,28,36)/t19-,24+,25-/m0/s1. The Morgan fingerprint density at radius 1 is 1.28 bits per heavy atom. The van der Waals surface area contributed by atoms with E-state index < -0.39 is 0 Å². The molecule has 2 fully saturated rings. The number of benzene rings is 1. The van der Waals surface area contributed by atoms with Crippen LogP contribution in [0, 0.1) is 24.0 Å². The number of nitrogens with one attached hydrogen (secondary N) is 1. The zero-order chi connectivity index (χ0) is 25.4. The number of ether oxygens (including phenoxy) is 2. The molecule has 0 unspecified atom stereocenters. The number of methoxy groups -OCH3 is 1. The predicted molar refractivity (Wildman–Crippen MR) is 140 cm³/mol. The van der Waals surface area contributed by atoms with Crippen LogP contribution in [0.25, 0.3) is 5.69 Å². The third kappa shape index (κ3) is 4.31. The Morgan fingerprint density at radius 2 is 2.11 bits per heavy atom. The Kier molecular flexibility index (Phi) is 6.63. The predicted octanol–water partition coefficient (Wildman–Crippen LogP) is 4.56. The second-order valence-electron chi connectivity index (χ2n) is 9.19. The van der Waals surface area contributed by atoms with Crippen LogP contribution in [-0.4, -0.2) is 50.9 Å². The fraction of sp³-hybridized carbons (Fsp3) is 0.385. The second-order valence-corrected chi connectivity index (χ2v) is 9.57. The molecule has 2 saturated heterocycles. The maximum Gasteiger partial charge on any atom is 0.296 e. The number of aryl methyl sites for hydroxylation is 1. The summed E-state index contributed by atoms with van der Waals surface area (Å²) in [5.74, 6) is 0.441. The molecule has 5 rings (SSSR count). The largest absolute Gasteiger partial charge is 0.496 e. The van der Waals surface area contributed by atoms with Gasteiger partial charge < -0.3 is 24.3 Å². The van der Waals surface area contributed by atoms with Crippen molar-refractivity contribution in [2.75, 3.05) is 20.3 Å². The van der Waals surface area contributed by atoms with Crippen LogP contribution in [0.5, 0.6) is 5.75 Å². The highest BCUT2D eigenvalue weighted by atomic mass is 32.1. The molecule has 0 saturated carbocycles. The third-order valence-corrected chi connectivity index (χ3v) is 7.38. The SMILES string of the molecule is COc1ccc(-n2c(C)cc([C@H]3[C@@H](c4ccccn4)NC(=S)N3C[C@@H]3CCCO3)c2C)c([N+](=O)[O-])c1. The molecule has 4 heterocycles. The number of nitrogens with zero attached hydrogens (tertiary/aromatic N) is 4. The first-order chi connectivity index (χ1) is 17.4. The molecule has 36 heavy (non-hydrogen) atoms. The minimum Gasteiger partial charge on any atom is -0.496 e. The first-order valence-corrected chi connectivity index (χ1v) is 12.4. The topological polar surface area (TPSA) is 94.7 Å². The third-order valence-electron chi connectivity index (χ3n) is 7.03. The van der Waals surface area contributed by atoms with Gasteiger partial charge in [-0.2, -0.15) is 0 Å². The molecule has 1 N–H and O–H groups in total. The van der Waals surface area contributed by atoms with E-state index in [1.807, 2.05) is 36.6 Å². The van der Waals surface area contributed by atoms with E-state index in [0.29, 0.717) is 23.1 Å². The van der Waals surface area contributed by atoms with Crippen molar-refractivity contribution in [3.63, 3.8) is 0 Å². The van der Waals surface area contributed by atoms with Crippen molar-refractivity contribution in [2.45, 2.75) is 44.9 Å². The molecular formula is C26H29N5O4S. The summed E-state index contributed by atoms with van der Waals surface area (Å²) in [6, 6.07) is 12.6. The van der Waals surface area contributed by atoms with Crippen LogP contribution in [0.15, 0.2) is 48.7 Å². The summed E-state index contributed by atoms with van der Waals surface area (Å²) in [5.41, 5.74) is 4.22. The minimum absolute atomic E-state index is 0.0137. The van der Waals surface area contributed by atoms with Crippen LogP contribution >= 0.6 is 12.2 Å². The van der Waals surface area contributed by atoms with E-state index in [0.717, 1.165) is 42.1 Å². The molecule has 10 heteroatoms. The van der Waals surface area contributed by atoms with Crippen molar-refractivity contribution in [2.24, 2.45) is 0 Å². The van der Waals surface area contributed by atoms with Crippen LogP contribution in [-0.2, 0) is 4.74 Å². The van der Waals surface area contributed by atoms with Gasteiger partial charge in [0, 0.05) is 30.7 Å². The molecule has 0 bridgehead atoms. The number of nitro benzene ring substituents is 1. The first kappa shape index (κ1) is 24.2. The minimum atomic E-state index is -0.372. The lowest BCUT2D eigenvalue weighted by Gasteiger charge is -2.30. The van der Waals surface area contributed by atoms with E-state index in [4.69, 9.17) is 21.7 Å². The van der Waals surface area contributed by atoms with Crippen molar-refractivity contribution in [1.82, 2.24) is 19.8 Å². The summed E-state index contributed by atoms with van der Waals surface area (Å²) < 4.78 is 13.1.